The van der Waals surface area contributed by atoms with Gasteiger partial charge in [-0.25, -0.2) is 0 Å². The first-order chi connectivity index (χ1) is 11.8. The lowest BCUT2D eigenvalue weighted by Gasteiger charge is -2.34. The molecule has 4 heteroatoms. The summed E-state index contributed by atoms with van der Waals surface area (Å²) in [4.78, 5) is 15.0. The minimum Gasteiger partial charge on any atom is -0.342 e. The SMILES string of the molecule is O=C(C[C@@H]1CCCc2ccccc21)N1CCC[C@@H](c2ccn[nH]2)C1. The van der Waals surface area contributed by atoms with Crippen molar-refractivity contribution in [1.29, 1.82) is 0 Å². The Morgan fingerprint density at radius 1 is 1.21 bits per heavy atom. The highest BCUT2D eigenvalue weighted by Gasteiger charge is 2.28. The number of fused-ring (bicyclic) bond motifs is 1. The van der Waals surface area contributed by atoms with Crippen molar-refractivity contribution in [3.63, 3.8) is 0 Å². The third-order valence-corrected chi connectivity index (χ3v) is 5.65. The second-order valence-corrected chi connectivity index (χ2v) is 7.18. The van der Waals surface area contributed by atoms with Gasteiger partial charge in [0.2, 0.25) is 5.91 Å². The summed E-state index contributed by atoms with van der Waals surface area (Å²) in [5, 5.41) is 7.13. The van der Waals surface area contributed by atoms with E-state index in [0.717, 1.165) is 44.5 Å². The number of H-pyrrole nitrogens is 1. The summed E-state index contributed by atoms with van der Waals surface area (Å²) in [5.41, 5.74) is 4.00. The largest absolute Gasteiger partial charge is 0.342 e. The van der Waals surface area contributed by atoms with E-state index in [1.54, 1.807) is 6.20 Å². The zero-order valence-electron chi connectivity index (χ0n) is 14.1. The summed E-state index contributed by atoms with van der Waals surface area (Å²) in [7, 11) is 0. The molecule has 1 saturated heterocycles. The zero-order valence-corrected chi connectivity index (χ0v) is 14.1. The van der Waals surface area contributed by atoms with Crippen molar-refractivity contribution in [3.8, 4) is 0 Å². The van der Waals surface area contributed by atoms with E-state index in [0.29, 0.717) is 24.2 Å². The van der Waals surface area contributed by atoms with E-state index in [1.807, 2.05) is 6.07 Å². The Balaban J connectivity index is 1.43. The normalized spacial score (nSPS) is 23.8. The average molecular weight is 323 g/mol. The van der Waals surface area contributed by atoms with Crippen molar-refractivity contribution in [2.75, 3.05) is 13.1 Å². The fourth-order valence-corrected chi connectivity index (χ4v) is 4.36. The molecule has 1 amide bonds. The van der Waals surface area contributed by atoms with E-state index in [-0.39, 0.29) is 0 Å². The molecule has 0 unspecified atom stereocenters. The number of amides is 1. The first-order valence-corrected chi connectivity index (χ1v) is 9.16. The van der Waals surface area contributed by atoms with Crippen molar-refractivity contribution < 1.29 is 4.79 Å². The summed E-state index contributed by atoms with van der Waals surface area (Å²) in [5.74, 6) is 1.12. The summed E-state index contributed by atoms with van der Waals surface area (Å²) >= 11 is 0. The smallest absolute Gasteiger partial charge is 0.223 e. The molecule has 1 fully saturated rings. The van der Waals surface area contributed by atoms with Crippen molar-refractivity contribution in [1.82, 2.24) is 15.1 Å². The van der Waals surface area contributed by atoms with Gasteiger partial charge in [0.15, 0.2) is 0 Å². The minimum absolute atomic E-state index is 0.320. The van der Waals surface area contributed by atoms with Crippen LogP contribution in [0.4, 0.5) is 0 Å². The van der Waals surface area contributed by atoms with Gasteiger partial charge in [0, 0.05) is 37.3 Å². The summed E-state index contributed by atoms with van der Waals surface area (Å²) < 4.78 is 0. The average Bonchev–Trinajstić information content (AvgIpc) is 3.17. The van der Waals surface area contributed by atoms with Gasteiger partial charge in [-0.05, 0) is 55.2 Å². The molecule has 2 heterocycles. The topological polar surface area (TPSA) is 49.0 Å². The van der Waals surface area contributed by atoms with Gasteiger partial charge in [-0.1, -0.05) is 24.3 Å². The molecule has 0 bridgehead atoms. The van der Waals surface area contributed by atoms with Crippen molar-refractivity contribution in [3.05, 3.63) is 53.3 Å². The van der Waals surface area contributed by atoms with Gasteiger partial charge in [-0.3, -0.25) is 9.89 Å². The lowest BCUT2D eigenvalue weighted by atomic mass is 9.80. The van der Waals surface area contributed by atoms with Gasteiger partial charge in [0.1, 0.15) is 0 Å². The van der Waals surface area contributed by atoms with Crippen LogP contribution in [0.1, 0.15) is 60.8 Å². The number of aromatic amines is 1. The van der Waals surface area contributed by atoms with E-state index >= 15 is 0 Å². The number of nitrogens with one attached hydrogen (secondary N) is 1. The molecule has 2 aliphatic rings. The van der Waals surface area contributed by atoms with Gasteiger partial charge in [0.25, 0.3) is 0 Å². The Bertz CT molecular complexity index is 695. The number of aryl methyl sites for hydroxylation is 1. The van der Waals surface area contributed by atoms with Crippen LogP contribution >= 0.6 is 0 Å². The molecule has 0 saturated carbocycles. The second-order valence-electron chi connectivity index (χ2n) is 7.18. The molecule has 2 aromatic rings. The van der Waals surface area contributed by atoms with Gasteiger partial charge < -0.3 is 4.90 Å². The predicted octanol–water partition coefficient (Wildman–Crippen LogP) is 3.63. The minimum atomic E-state index is 0.320. The van der Waals surface area contributed by atoms with Gasteiger partial charge >= 0.3 is 0 Å². The monoisotopic (exact) mass is 323 g/mol. The Kier molecular flexibility index (Phi) is 4.37. The number of hydrogen-bond donors (Lipinski definition) is 1. The molecule has 4 rings (SSSR count). The molecule has 126 valence electrons. The second kappa shape index (κ2) is 6.80. The van der Waals surface area contributed by atoms with E-state index in [4.69, 9.17) is 0 Å². The molecular formula is C20H25N3O. The molecule has 0 radical (unpaired) electrons. The zero-order chi connectivity index (χ0) is 16.4. The van der Waals surface area contributed by atoms with Crippen molar-refractivity contribution in [2.45, 2.75) is 50.4 Å². The van der Waals surface area contributed by atoms with Gasteiger partial charge in [-0.2, -0.15) is 5.10 Å². The number of benzene rings is 1. The highest BCUT2D eigenvalue weighted by Crippen LogP contribution is 2.35. The summed E-state index contributed by atoms with van der Waals surface area (Å²) in [6.45, 7) is 1.73. The van der Waals surface area contributed by atoms with E-state index in [2.05, 4.69) is 39.4 Å². The van der Waals surface area contributed by atoms with Crippen molar-refractivity contribution >= 4 is 5.91 Å². The van der Waals surface area contributed by atoms with Gasteiger partial charge in [-0.15, -0.1) is 0 Å². The maximum Gasteiger partial charge on any atom is 0.223 e. The van der Waals surface area contributed by atoms with Crippen LogP contribution in [0.15, 0.2) is 36.5 Å². The molecule has 1 aromatic carbocycles. The molecule has 1 aliphatic carbocycles. The molecule has 0 spiro atoms. The molecular weight excluding hydrogens is 298 g/mol. The van der Waals surface area contributed by atoms with Crippen LogP contribution in [-0.2, 0) is 11.2 Å². The van der Waals surface area contributed by atoms with E-state index in [9.17, 15) is 4.79 Å². The standard InChI is InChI=1S/C20H25N3O/c24-20(13-16-7-3-6-15-5-1-2-9-18(15)16)23-12-4-8-17(14-23)19-10-11-21-22-19/h1-2,5,9-11,16-17H,3-4,6-8,12-14H2,(H,21,22)/t16-,17+/m0/s1. The lowest BCUT2D eigenvalue weighted by Crippen LogP contribution is -2.40. The molecule has 4 nitrogen and oxygen atoms in total. The highest BCUT2D eigenvalue weighted by atomic mass is 16.2. The van der Waals surface area contributed by atoms with E-state index < -0.39 is 0 Å². The third kappa shape index (κ3) is 3.10. The Morgan fingerprint density at radius 2 is 2.12 bits per heavy atom. The number of carbonyl (C=O) groups excluding carboxylic acids is 1. The van der Waals surface area contributed by atoms with Crippen LogP contribution in [0.3, 0.4) is 0 Å². The van der Waals surface area contributed by atoms with Crippen LogP contribution in [0.25, 0.3) is 0 Å². The molecule has 1 N–H and O–H groups in total. The predicted molar refractivity (Wildman–Crippen MR) is 93.9 cm³/mol. The quantitative estimate of drug-likeness (QED) is 0.938. The van der Waals surface area contributed by atoms with Crippen LogP contribution in [0, 0.1) is 0 Å². The number of hydrogen-bond acceptors (Lipinski definition) is 2. The lowest BCUT2D eigenvalue weighted by molar-refractivity contribution is -0.132. The number of likely N-dealkylation sites (tertiary alicyclic amines) is 1. The maximum absolute atomic E-state index is 12.9. The fourth-order valence-electron chi connectivity index (χ4n) is 4.36. The molecule has 2 atom stereocenters. The Labute approximate surface area is 143 Å². The summed E-state index contributed by atoms with van der Waals surface area (Å²) in [6, 6.07) is 10.7. The molecule has 1 aromatic heterocycles. The molecule has 24 heavy (non-hydrogen) atoms. The number of aromatic nitrogens is 2. The third-order valence-electron chi connectivity index (χ3n) is 5.65. The number of nitrogens with zero attached hydrogens (tertiary/aromatic N) is 2. The number of piperidine rings is 1. The Morgan fingerprint density at radius 3 is 3.00 bits per heavy atom. The van der Waals surface area contributed by atoms with Crippen LogP contribution in [0.5, 0.6) is 0 Å². The first kappa shape index (κ1) is 15.4. The first-order valence-electron chi connectivity index (χ1n) is 9.16. The van der Waals surface area contributed by atoms with Crippen LogP contribution < -0.4 is 0 Å². The maximum atomic E-state index is 12.9. The van der Waals surface area contributed by atoms with Crippen LogP contribution in [0.2, 0.25) is 0 Å². The summed E-state index contributed by atoms with van der Waals surface area (Å²) in [6.07, 6.45) is 8.18. The Hall–Kier alpha value is -2.10. The van der Waals surface area contributed by atoms with Crippen molar-refractivity contribution in [2.24, 2.45) is 0 Å². The van der Waals surface area contributed by atoms with Gasteiger partial charge in [0.05, 0.1) is 0 Å². The molecule has 1 aliphatic heterocycles. The van der Waals surface area contributed by atoms with E-state index in [1.165, 1.54) is 17.5 Å². The fraction of sp³-hybridized carbons (Fsp3) is 0.500. The number of carbonyl (C=O) groups is 1. The van der Waals surface area contributed by atoms with Crippen LogP contribution in [-0.4, -0.2) is 34.1 Å². The number of rotatable bonds is 3. The highest BCUT2D eigenvalue weighted by molar-refractivity contribution is 5.77.